The minimum Gasteiger partial charge on any atom is -0.480 e. The Kier molecular flexibility index (Phi) is 6.30. The van der Waals surface area contributed by atoms with Crippen LogP contribution in [-0.2, 0) is 13.2 Å². The maximum Gasteiger partial charge on any atom is 0.434 e. The number of benzene rings is 1. The molecule has 0 spiro atoms. The van der Waals surface area contributed by atoms with Crippen molar-refractivity contribution in [3.05, 3.63) is 65.5 Å². The zero-order chi connectivity index (χ0) is 26.3. The standard InChI is InChI=1S/C26H25F3N6O2/c1-14-11-30-22(20-21(17-7-8-17)31-13-32-25(20)36-4)34-24(14)37-15(2)16-5-9-18(10-6-16)23-33-19(12-35(23)3)26(27,28)29/h5-6,9-13,15,17H,7-8H2,1-4H3. The zero-order valence-electron chi connectivity index (χ0n) is 20.7. The van der Waals surface area contributed by atoms with Gasteiger partial charge >= 0.3 is 6.18 Å². The highest BCUT2D eigenvalue weighted by atomic mass is 19.4. The Hall–Kier alpha value is -4.02. The molecule has 0 N–H and O–H groups in total. The van der Waals surface area contributed by atoms with Crippen LogP contribution in [0.5, 0.6) is 11.8 Å². The molecule has 11 heteroatoms. The van der Waals surface area contributed by atoms with Crippen molar-refractivity contribution in [3.8, 4) is 34.5 Å². The van der Waals surface area contributed by atoms with Crippen LogP contribution in [0.3, 0.4) is 0 Å². The number of aryl methyl sites for hydroxylation is 2. The third kappa shape index (κ3) is 4.98. The van der Waals surface area contributed by atoms with Crippen LogP contribution in [0.4, 0.5) is 13.2 Å². The molecule has 37 heavy (non-hydrogen) atoms. The highest BCUT2D eigenvalue weighted by Crippen LogP contribution is 2.45. The summed E-state index contributed by atoms with van der Waals surface area (Å²) in [5.41, 5.74) is 2.76. The highest BCUT2D eigenvalue weighted by molar-refractivity contribution is 5.66. The summed E-state index contributed by atoms with van der Waals surface area (Å²) in [4.78, 5) is 21.6. The normalized spacial score (nSPS) is 14.5. The summed E-state index contributed by atoms with van der Waals surface area (Å²) in [7, 11) is 3.09. The fourth-order valence-corrected chi connectivity index (χ4v) is 4.09. The highest BCUT2D eigenvalue weighted by Gasteiger charge is 2.34. The minimum absolute atomic E-state index is 0.231. The number of hydrogen-bond donors (Lipinski definition) is 0. The van der Waals surface area contributed by atoms with Gasteiger partial charge in [0.15, 0.2) is 11.5 Å². The summed E-state index contributed by atoms with van der Waals surface area (Å²) in [6.45, 7) is 3.73. The molecule has 1 aromatic carbocycles. The zero-order valence-corrected chi connectivity index (χ0v) is 20.7. The molecule has 5 rings (SSSR count). The Labute approximate surface area is 211 Å². The van der Waals surface area contributed by atoms with Gasteiger partial charge in [0.05, 0.1) is 12.8 Å². The lowest BCUT2D eigenvalue weighted by Gasteiger charge is -2.17. The van der Waals surface area contributed by atoms with Crippen molar-refractivity contribution < 1.29 is 22.6 Å². The first-order valence-corrected chi connectivity index (χ1v) is 11.8. The summed E-state index contributed by atoms with van der Waals surface area (Å²) >= 11 is 0. The SMILES string of the molecule is COc1ncnc(C2CC2)c1-c1ncc(C)c(OC(C)c2ccc(-c3nc(C(F)(F)F)cn3C)cc2)n1. The molecule has 192 valence electrons. The van der Waals surface area contributed by atoms with Crippen molar-refractivity contribution in [1.29, 1.82) is 0 Å². The quantitative estimate of drug-likeness (QED) is 0.316. The second-order valence-electron chi connectivity index (χ2n) is 9.04. The number of methoxy groups -OCH3 is 1. The molecular formula is C26H25F3N6O2. The molecule has 8 nitrogen and oxygen atoms in total. The molecule has 0 radical (unpaired) electrons. The molecule has 0 amide bonds. The molecule has 3 aromatic heterocycles. The minimum atomic E-state index is -4.50. The van der Waals surface area contributed by atoms with Crippen LogP contribution in [0.15, 0.2) is 43.0 Å². The first-order chi connectivity index (χ1) is 17.7. The predicted octanol–water partition coefficient (Wildman–Crippen LogP) is 5.69. The van der Waals surface area contributed by atoms with Crippen LogP contribution >= 0.6 is 0 Å². The van der Waals surface area contributed by atoms with Gasteiger partial charge in [-0.2, -0.15) is 18.2 Å². The molecular weight excluding hydrogens is 485 g/mol. The molecule has 1 fully saturated rings. The van der Waals surface area contributed by atoms with E-state index in [1.165, 1.54) is 17.9 Å². The lowest BCUT2D eigenvalue weighted by molar-refractivity contribution is -0.140. The molecule has 1 saturated carbocycles. The van der Waals surface area contributed by atoms with Gasteiger partial charge in [0.1, 0.15) is 23.8 Å². The average Bonchev–Trinajstić information content (AvgIpc) is 3.65. The molecule has 4 aromatic rings. The van der Waals surface area contributed by atoms with E-state index in [2.05, 4.69) is 24.9 Å². The van der Waals surface area contributed by atoms with Crippen molar-refractivity contribution >= 4 is 0 Å². The molecule has 1 aliphatic rings. The second-order valence-corrected chi connectivity index (χ2v) is 9.04. The van der Waals surface area contributed by atoms with E-state index < -0.39 is 11.9 Å². The van der Waals surface area contributed by atoms with Gasteiger partial charge in [-0.1, -0.05) is 24.3 Å². The van der Waals surface area contributed by atoms with Crippen LogP contribution in [0.1, 0.15) is 54.3 Å². The summed E-state index contributed by atoms with van der Waals surface area (Å²) < 4.78 is 52.1. The van der Waals surface area contributed by atoms with E-state index in [4.69, 9.17) is 9.47 Å². The molecule has 1 aliphatic carbocycles. The van der Waals surface area contributed by atoms with Gasteiger partial charge < -0.3 is 14.0 Å². The Bertz CT molecular complexity index is 1430. The molecule has 1 unspecified atom stereocenters. The summed E-state index contributed by atoms with van der Waals surface area (Å²) in [5.74, 6) is 1.82. The number of aromatic nitrogens is 6. The number of halogens is 3. The van der Waals surface area contributed by atoms with Gasteiger partial charge in [-0.3, -0.25) is 0 Å². The van der Waals surface area contributed by atoms with Crippen molar-refractivity contribution in [3.63, 3.8) is 0 Å². The molecule has 0 saturated heterocycles. The molecule has 3 heterocycles. The van der Waals surface area contributed by atoms with Gasteiger partial charge in [0, 0.05) is 36.5 Å². The Balaban J connectivity index is 1.39. The van der Waals surface area contributed by atoms with Crippen LogP contribution in [0.2, 0.25) is 0 Å². The van der Waals surface area contributed by atoms with Crippen molar-refractivity contribution in [2.45, 2.75) is 44.9 Å². The van der Waals surface area contributed by atoms with Gasteiger partial charge in [0.2, 0.25) is 11.8 Å². The largest absolute Gasteiger partial charge is 0.480 e. The third-order valence-corrected chi connectivity index (χ3v) is 6.24. The maximum atomic E-state index is 13.0. The lowest BCUT2D eigenvalue weighted by Crippen LogP contribution is -2.08. The van der Waals surface area contributed by atoms with Crippen LogP contribution < -0.4 is 9.47 Å². The van der Waals surface area contributed by atoms with E-state index in [9.17, 15) is 13.2 Å². The summed E-state index contributed by atoms with van der Waals surface area (Å²) in [6.07, 6.45) is 1.36. The van der Waals surface area contributed by atoms with Gasteiger partial charge in [-0.25, -0.2) is 19.9 Å². The number of ether oxygens (including phenoxy) is 2. The average molecular weight is 511 g/mol. The number of hydrogen-bond acceptors (Lipinski definition) is 7. The lowest BCUT2D eigenvalue weighted by atomic mass is 10.1. The fourth-order valence-electron chi connectivity index (χ4n) is 4.09. The van der Waals surface area contributed by atoms with Gasteiger partial charge in [0.25, 0.3) is 0 Å². The predicted molar refractivity (Wildman–Crippen MR) is 129 cm³/mol. The third-order valence-electron chi connectivity index (χ3n) is 6.24. The van der Waals surface area contributed by atoms with E-state index >= 15 is 0 Å². The topological polar surface area (TPSA) is 87.8 Å². The van der Waals surface area contributed by atoms with Gasteiger partial charge in [-0.05, 0) is 32.3 Å². The van der Waals surface area contributed by atoms with Crippen molar-refractivity contribution in [1.82, 2.24) is 29.5 Å². The van der Waals surface area contributed by atoms with Crippen LogP contribution in [-0.4, -0.2) is 36.6 Å². The number of alkyl halides is 3. The van der Waals surface area contributed by atoms with E-state index in [0.717, 1.165) is 35.9 Å². The summed E-state index contributed by atoms with van der Waals surface area (Å²) in [6, 6.07) is 7.06. The Morgan fingerprint density at radius 2 is 1.76 bits per heavy atom. The second kappa shape index (κ2) is 9.45. The first kappa shape index (κ1) is 24.7. The molecule has 0 aliphatic heterocycles. The van der Waals surface area contributed by atoms with Crippen molar-refractivity contribution in [2.24, 2.45) is 7.05 Å². The Morgan fingerprint density at radius 3 is 2.38 bits per heavy atom. The molecule has 1 atom stereocenters. The van der Waals surface area contributed by atoms with E-state index in [-0.39, 0.29) is 11.9 Å². The monoisotopic (exact) mass is 510 g/mol. The van der Waals surface area contributed by atoms with Crippen LogP contribution in [0, 0.1) is 6.92 Å². The number of rotatable bonds is 7. The van der Waals surface area contributed by atoms with E-state index in [1.807, 2.05) is 13.8 Å². The van der Waals surface area contributed by atoms with Crippen LogP contribution in [0.25, 0.3) is 22.8 Å². The van der Waals surface area contributed by atoms with E-state index in [1.54, 1.807) is 37.6 Å². The van der Waals surface area contributed by atoms with E-state index in [0.29, 0.717) is 34.6 Å². The first-order valence-electron chi connectivity index (χ1n) is 11.8. The van der Waals surface area contributed by atoms with Gasteiger partial charge in [-0.15, -0.1) is 0 Å². The Morgan fingerprint density at radius 1 is 1.03 bits per heavy atom. The van der Waals surface area contributed by atoms with Crippen molar-refractivity contribution in [2.75, 3.05) is 7.11 Å². The maximum absolute atomic E-state index is 13.0. The molecule has 0 bridgehead atoms. The summed E-state index contributed by atoms with van der Waals surface area (Å²) in [5, 5.41) is 0. The number of imidazole rings is 1. The fraction of sp³-hybridized carbons (Fsp3) is 0.346. The smallest absolute Gasteiger partial charge is 0.434 e. The number of nitrogens with zero attached hydrogens (tertiary/aromatic N) is 6.